The van der Waals surface area contributed by atoms with Crippen molar-refractivity contribution in [2.24, 2.45) is 4.99 Å². The van der Waals surface area contributed by atoms with Crippen LogP contribution in [0.3, 0.4) is 0 Å². The van der Waals surface area contributed by atoms with E-state index in [1.165, 1.54) is 80.2 Å². The van der Waals surface area contributed by atoms with Gasteiger partial charge in [0.25, 0.3) is 0 Å². The molecule has 0 bridgehead atoms. The molecule has 0 N–H and O–H groups in total. The van der Waals surface area contributed by atoms with Crippen LogP contribution in [0.5, 0.6) is 5.75 Å². The summed E-state index contributed by atoms with van der Waals surface area (Å²) in [6.45, 7) is 19.0. The van der Waals surface area contributed by atoms with Gasteiger partial charge in [0, 0.05) is 11.8 Å². The van der Waals surface area contributed by atoms with Gasteiger partial charge in [0.15, 0.2) is 0 Å². The number of fused-ring (bicyclic) bond motifs is 2. The van der Waals surface area contributed by atoms with Gasteiger partial charge < -0.3 is 4.74 Å². The summed E-state index contributed by atoms with van der Waals surface area (Å²) < 4.78 is 6.24. The van der Waals surface area contributed by atoms with Crippen LogP contribution in [0.15, 0.2) is 29.3 Å². The molecule has 2 nitrogen and oxygen atoms in total. The molecule has 0 saturated carbocycles. The molecule has 0 aliphatic heterocycles. The van der Waals surface area contributed by atoms with E-state index in [1.54, 1.807) is 11.1 Å². The van der Waals surface area contributed by atoms with Gasteiger partial charge in [-0.3, -0.25) is 4.99 Å². The number of aryl methyl sites for hydroxylation is 2. The van der Waals surface area contributed by atoms with Crippen LogP contribution in [-0.4, -0.2) is 6.21 Å². The van der Waals surface area contributed by atoms with Crippen molar-refractivity contribution in [2.45, 2.75) is 126 Å². The van der Waals surface area contributed by atoms with Crippen molar-refractivity contribution in [1.82, 2.24) is 0 Å². The minimum atomic E-state index is -0.826. The van der Waals surface area contributed by atoms with Gasteiger partial charge in [0.2, 0.25) is 0 Å². The van der Waals surface area contributed by atoms with Crippen LogP contribution in [0.1, 0.15) is 128 Å². The summed E-state index contributed by atoms with van der Waals surface area (Å²) in [5.74, 6) is 0.951. The number of benzene rings is 2. The first kappa shape index (κ1) is 35.4. The van der Waals surface area contributed by atoms with Gasteiger partial charge in [-0.25, -0.2) is 0 Å². The van der Waals surface area contributed by atoms with Crippen molar-refractivity contribution >= 4 is 28.9 Å². The van der Waals surface area contributed by atoms with Gasteiger partial charge in [-0.05, 0) is 90.7 Å². The maximum atomic E-state index is 6.24. The first-order valence-electron chi connectivity index (χ1n) is 14.5. The summed E-state index contributed by atoms with van der Waals surface area (Å²) in [5, 5.41) is 0. The number of hydrogen-bond donors (Lipinski definition) is 0. The topological polar surface area (TPSA) is 21.6 Å². The van der Waals surface area contributed by atoms with Crippen LogP contribution >= 0.6 is 17.0 Å². The zero-order valence-electron chi connectivity index (χ0n) is 25.4. The fourth-order valence-electron chi connectivity index (χ4n) is 4.96. The Morgan fingerprint density at radius 2 is 1.39 bits per heavy atom. The third-order valence-corrected chi connectivity index (χ3v) is 6.43. The van der Waals surface area contributed by atoms with Gasteiger partial charge >= 0.3 is 37.9 Å². The summed E-state index contributed by atoms with van der Waals surface area (Å²) in [4.78, 5) is 5.18. The normalized spacial score (nSPS) is 14.1. The van der Waals surface area contributed by atoms with E-state index in [-0.39, 0.29) is 5.41 Å². The second-order valence-corrected chi connectivity index (χ2v) is 14.7. The van der Waals surface area contributed by atoms with Gasteiger partial charge in [-0.15, -0.1) is 0 Å². The quantitative estimate of drug-likeness (QED) is 0.241. The molecule has 2 aromatic carbocycles. The average molecular weight is 639 g/mol. The molecule has 0 fully saturated rings. The van der Waals surface area contributed by atoms with Crippen LogP contribution < -0.4 is 4.74 Å². The number of aliphatic imine (C=N–C) groups is 1. The molecule has 2 aliphatic rings. The molecular weight excluding hydrogens is 588 g/mol. The maximum absolute atomic E-state index is 6.24. The first-order valence-corrected chi connectivity index (χ1v) is 20.8. The average Bonchev–Trinajstić information content (AvgIpc) is 2.88. The van der Waals surface area contributed by atoms with E-state index in [2.05, 4.69) is 65.1 Å². The Bertz CT molecular complexity index is 959. The van der Waals surface area contributed by atoms with E-state index in [9.17, 15) is 0 Å². The van der Waals surface area contributed by atoms with Gasteiger partial charge in [-0.1, -0.05) is 73.1 Å². The third-order valence-electron chi connectivity index (χ3n) is 6.43. The van der Waals surface area contributed by atoms with Crippen molar-refractivity contribution in [1.29, 1.82) is 0 Å². The molecule has 2 aliphatic carbocycles. The van der Waals surface area contributed by atoms with Crippen LogP contribution in [-0.2, 0) is 51.9 Å². The summed E-state index contributed by atoms with van der Waals surface area (Å²) in [7, 11) is 9.87. The van der Waals surface area contributed by atoms with Crippen LogP contribution in [0.25, 0.3) is 0 Å². The van der Waals surface area contributed by atoms with E-state index in [1.807, 2.05) is 27.7 Å². The molecule has 0 saturated heterocycles. The van der Waals surface area contributed by atoms with Crippen molar-refractivity contribution < 1.29 is 25.6 Å². The van der Waals surface area contributed by atoms with Crippen molar-refractivity contribution in [3.63, 3.8) is 0 Å². The fourth-order valence-corrected chi connectivity index (χ4v) is 4.96. The first-order chi connectivity index (χ1) is 18.2. The number of para-hydroxylation sites is 1. The van der Waals surface area contributed by atoms with Crippen LogP contribution in [0.2, 0.25) is 0 Å². The van der Waals surface area contributed by atoms with E-state index in [4.69, 9.17) is 26.8 Å². The Labute approximate surface area is 253 Å². The molecule has 0 aromatic heterocycles. The minimum absolute atomic E-state index is 0.0136. The monoisotopic (exact) mass is 636 g/mol. The fraction of sp³-hybridized carbons (Fsp3) is 0.576. The Balaban J connectivity index is 0.000000811. The number of halogens is 2. The van der Waals surface area contributed by atoms with E-state index < -0.39 is 20.8 Å². The summed E-state index contributed by atoms with van der Waals surface area (Å²) in [6.07, 6.45) is 14.2. The molecule has 0 heterocycles. The molecule has 38 heavy (non-hydrogen) atoms. The van der Waals surface area contributed by atoms with Gasteiger partial charge in [0.05, 0.1) is 11.4 Å². The Morgan fingerprint density at radius 3 is 1.84 bits per heavy atom. The molecular formula is C33H50Cl2NOZr-. The van der Waals surface area contributed by atoms with Crippen molar-refractivity contribution in [2.75, 3.05) is 0 Å². The summed E-state index contributed by atoms with van der Waals surface area (Å²) >= 11 is -0.826. The van der Waals surface area contributed by atoms with E-state index in [0.29, 0.717) is 0 Å². The van der Waals surface area contributed by atoms with Gasteiger partial charge in [-0.2, -0.15) is 20.0 Å². The number of hydrogen-bond acceptors (Lipinski definition) is 2. The molecule has 0 spiro atoms. The zero-order valence-corrected chi connectivity index (χ0v) is 29.3. The Morgan fingerprint density at radius 1 is 0.921 bits per heavy atom. The number of ether oxygens (including phenoxy) is 1. The Kier molecular flexibility index (Phi) is 17.4. The molecule has 0 amide bonds. The predicted octanol–water partition coefficient (Wildman–Crippen LogP) is 11.3. The molecule has 212 valence electrons. The molecule has 5 heteroatoms. The van der Waals surface area contributed by atoms with E-state index in [0.717, 1.165) is 17.4 Å². The zero-order chi connectivity index (χ0) is 28.7. The van der Waals surface area contributed by atoms with Crippen molar-refractivity contribution in [3.8, 4) is 5.75 Å². The Hall–Kier alpha value is -0.627. The summed E-state index contributed by atoms with van der Waals surface area (Å²) in [6, 6.07) is 8.96. The predicted molar refractivity (Wildman–Crippen MR) is 166 cm³/mol. The SMILES string of the molecule is CC.CCC.C[C-](C)Oc1c(C=Nc2c3c(cc4c2CCCC4)CCCC3)cccc1C(C)(C)C.[Cl][Zr][Cl]. The second kappa shape index (κ2) is 18.7. The van der Waals surface area contributed by atoms with E-state index >= 15 is 0 Å². The van der Waals surface area contributed by atoms with Gasteiger partial charge in [0.1, 0.15) is 0 Å². The van der Waals surface area contributed by atoms with Crippen LogP contribution in [0, 0.1) is 6.10 Å². The standard InChI is InChI=1S/C28H36NO.C3H8.C2H6.2ClH.Zr/c1-19(2)30-27-22(13-10-16-25(27)28(3,4)5)18-29-26-23-14-8-6-11-20(23)17-21-12-7-9-15-24(21)26;1-3-2;1-2;;;/h10,13,16-18H,6-9,11-12,14-15H2,1-5H3;3H2,1-2H3;1-2H3;2*1H;/q-1;;;;;+2/p-2. The van der Waals surface area contributed by atoms with Crippen LogP contribution in [0.4, 0.5) is 5.69 Å². The second-order valence-electron chi connectivity index (χ2n) is 10.9. The molecule has 2 aromatic rings. The molecule has 0 radical (unpaired) electrons. The number of nitrogens with zero attached hydrogens (tertiary/aromatic N) is 1. The third kappa shape index (κ3) is 10.7. The molecule has 0 atom stereocenters. The summed E-state index contributed by atoms with van der Waals surface area (Å²) in [5.41, 5.74) is 9.69. The van der Waals surface area contributed by atoms with Crippen molar-refractivity contribution in [3.05, 3.63) is 63.8 Å². The molecule has 0 unspecified atom stereocenters. The number of rotatable bonds is 4. The molecule has 4 rings (SSSR count).